The van der Waals surface area contributed by atoms with Crippen molar-refractivity contribution in [1.82, 2.24) is 15.3 Å². The van der Waals surface area contributed by atoms with Crippen LogP contribution in [0.15, 0.2) is 43.0 Å². The van der Waals surface area contributed by atoms with Crippen LogP contribution in [0.4, 0.5) is 0 Å². The summed E-state index contributed by atoms with van der Waals surface area (Å²) in [5, 5.41) is 3.55. The minimum absolute atomic E-state index is 0.0938. The van der Waals surface area contributed by atoms with Gasteiger partial charge in [0, 0.05) is 18.6 Å². The van der Waals surface area contributed by atoms with Crippen molar-refractivity contribution >= 4 is 0 Å². The molecular formula is C17H23N3O. The zero-order valence-corrected chi connectivity index (χ0v) is 12.7. The van der Waals surface area contributed by atoms with E-state index in [1.807, 2.05) is 18.5 Å². The van der Waals surface area contributed by atoms with Gasteiger partial charge in [0.1, 0.15) is 5.75 Å². The average molecular weight is 285 g/mol. The molecule has 112 valence electrons. The highest BCUT2D eigenvalue weighted by Gasteiger charge is 2.14. The summed E-state index contributed by atoms with van der Waals surface area (Å²) in [6.45, 7) is 5.91. The Bertz CT molecular complexity index is 531. The lowest BCUT2D eigenvalue weighted by atomic mass is 10.0. The van der Waals surface area contributed by atoms with Gasteiger partial charge in [0.2, 0.25) is 0 Å². The Kier molecular flexibility index (Phi) is 6.16. The molecule has 4 nitrogen and oxygen atoms in total. The number of aromatic nitrogens is 2. The van der Waals surface area contributed by atoms with Crippen molar-refractivity contribution in [2.24, 2.45) is 0 Å². The quantitative estimate of drug-likeness (QED) is 0.808. The summed E-state index contributed by atoms with van der Waals surface area (Å²) in [6.07, 6.45) is 9.41. The molecule has 0 aromatic carbocycles. The SMILES string of the molecule is CCCNC(c1cccnc1)c1cncc(OCCC)c1. The fourth-order valence-electron chi connectivity index (χ4n) is 2.16. The number of ether oxygens (including phenoxy) is 1. The highest BCUT2D eigenvalue weighted by molar-refractivity contribution is 5.32. The molecule has 0 radical (unpaired) electrons. The topological polar surface area (TPSA) is 47.0 Å². The van der Waals surface area contributed by atoms with Gasteiger partial charge in [-0.3, -0.25) is 9.97 Å². The minimum atomic E-state index is 0.0938. The smallest absolute Gasteiger partial charge is 0.137 e. The molecule has 2 aromatic heterocycles. The maximum atomic E-state index is 5.68. The zero-order valence-electron chi connectivity index (χ0n) is 12.7. The van der Waals surface area contributed by atoms with E-state index in [1.54, 1.807) is 12.4 Å². The molecule has 2 heterocycles. The van der Waals surface area contributed by atoms with Gasteiger partial charge in [0.05, 0.1) is 18.8 Å². The van der Waals surface area contributed by atoms with Gasteiger partial charge in [-0.15, -0.1) is 0 Å². The summed E-state index contributed by atoms with van der Waals surface area (Å²) in [7, 11) is 0. The second-order valence-electron chi connectivity index (χ2n) is 4.98. The fourth-order valence-corrected chi connectivity index (χ4v) is 2.16. The Labute approximate surface area is 126 Å². The van der Waals surface area contributed by atoms with Gasteiger partial charge < -0.3 is 10.1 Å². The molecule has 1 N–H and O–H groups in total. The molecule has 0 aliphatic heterocycles. The molecule has 0 spiro atoms. The molecule has 0 aliphatic carbocycles. The van der Waals surface area contributed by atoms with Crippen molar-refractivity contribution in [3.05, 3.63) is 54.1 Å². The van der Waals surface area contributed by atoms with Crippen LogP contribution in [0, 0.1) is 0 Å². The van der Waals surface area contributed by atoms with Gasteiger partial charge >= 0.3 is 0 Å². The van der Waals surface area contributed by atoms with E-state index in [0.717, 1.165) is 36.3 Å². The fraction of sp³-hybridized carbons (Fsp3) is 0.412. The van der Waals surface area contributed by atoms with E-state index in [9.17, 15) is 0 Å². The maximum absolute atomic E-state index is 5.68. The molecular weight excluding hydrogens is 262 g/mol. The van der Waals surface area contributed by atoms with E-state index in [0.29, 0.717) is 6.61 Å². The van der Waals surface area contributed by atoms with Crippen LogP contribution in [0.5, 0.6) is 5.75 Å². The third-order valence-electron chi connectivity index (χ3n) is 3.16. The molecule has 2 rings (SSSR count). The molecule has 0 bridgehead atoms. The summed E-state index contributed by atoms with van der Waals surface area (Å²) in [4.78, 5) is 8.53. The Balaban J connectivity index is 2.23. The second-order valence-corrected chi connectivity index (χ2v) is 4.98. The number of hydrogen-bond acceptors (Lipinski definition) is 4. The number of pyridine rings is 2. The van der Waals surface area contributed by atoms with Gasteiger partial charge in [-0.25, -0.2) is 0 Å². The molecule has 0 fully saturated rings. The average Bonchev–Trinajstić information content (AvgIpc) is 2.55. The first-order chi connectivity index (χ1) is 10.3. The van der Waals surface area contributed by atoms with E-state index in [4.69, 9.17) is 4.74 Å². The van der Waals surface area contributed by atoms with Crippen LogP contribution in [0.1, 0.15) is 43.9 Å². The molecule has 1 atom stereocenters. The third-order valence-corrected chi connectivity index (χ3v) is 3.16. The lowest BCUT2D eigenvalue weighted by Gasteiger charge is -2.19. The highest BCUT2D eigenvalue weighted by Crippen LogP contribution is 2.23. The lowest BCUT2D eigenvalue weighted by Crippen LogP contribution is -2.23. The van der Waals surface area contributed by atoms with Gasteiger partial charge in [-0.05, 0) is 42.6 Å². The molecule has 4 heteroatoms. The molecule has 2 aromatic rings. The number of nitrogens with one attached hydrogen (secondary N) is 1. The second kappa shape index (κ2) is 8.37. The molecule has 0 aliphatic rings. The summed E-state index contributed by atoms with van der Waals surface area (Å²) in [6, 6.07) is 6.19. The Morgan fingerprint density at radius 3 is 2.67 bits per heavy atom. The minimum Gasteiger partial charge on any atom is -0.492 e. The molecule has 21 heavy (non-hydrogen) atoms. The Morgan fingerprint density at radius 1 is 1.10 bits per heavy atom. The summed E-state index contributed by atoms with van der Waals surface area (Å²) < 4.78 is 5.68. The first-order valence-electron chi connectivity index (χ1n) is 7.56. The van der Waals surface area contributed by atoms with Crippen LogP contribution >= 0.6 is 0 Å². The summed E-state index contributed by atoms with van der Waals surface area (Å²) >= 11 is 0. The van der Waals surface area contributed by atoms with Crippen LogP contribution in [0.2, 0.25) is 0 Å². The van der Waals surface area contributed by atoms with Gasteiger partial charge in [0.15, 0.2) is 0 Å². The number of nitrogens with zero attached hydrogens (tertiary/aromatic N) is 2. The molecule has 0 amide bonds. The largest absolute Gasteiger partial charge is 0.492 e. The summed E-state index contributed by atoms with van der Waals surface area (Å²) in [5.41, 5.74) is 2.24. The highest BCUT2D eigenvalue weighted by atomic mass is 16.5. The van der Waals surface area contributed by atoms with Gasteiger partial charge in [-0.1, -0.05) is 19.9 Å². The number of rotatable bonds is 8. The third kappa shape index (κ3) is 4.53. The van der Waals surface area contributed by atoms with E-state index in [-0.39, 0.29) is 6.04 Å². The first-order valence-corrected chi connectivity index (χ1v) is 7.56. The van der Waals surface area contributed by atoms with Crippen molar-refractivity contribution < 1.29 is 4.74 Å². The van der Waals surface area contributed by atoms with Crippen LogP contribution < -0.4 is 10.1 Å². The van der Waals surface area contributed by atoms with Crippen LogP contribution in [0.3, 0.4) is 0 Å². The monoisotopic (exact) mass is 285 g/mol. The molecule has 1 unspecified atom stereocenters. The standard InChI is InChI=1S/C17H23N3O/c1-3-7-20-17(14-6-5-8-18-11-14)15-10-16(13-19-12-15)21-9-4-2/h5-6,8,10-13,17,20H,3-4,7,9H2,1-2H3. The maximum Gasteiger partial charge on any atom is 0.137 e. The first kappa shape index (κ1) is 15.4. The van der Waals surface area contributed by atoms with E-state index >= 15 is 0 Å². The van der Waals surface area contributed by atoms with Crippen LogP contribution in [0.25, 0.3) is 0 Å². The van der Waals surface area contributed by atoms with Gasteiger partial charge in [0.25, 0.3) is 0 Å². The van der Waals surface area contributed by atoms with E-state index in [2.05, 4.69) is 41.3 Å². The zero-order chi connectivity index (χ0) is 14.9. The molecule has 0 saturated carbocycles. The van der Waals surface area contributed by atoms with Crippen molar-refractivity contribution in [3.8, 4) is 5.75 Å². The Hall–Kier alpha value is -1.94. The number of hydrogen-bond donors (Lipinski definition) is 1. The predicted octanol–water partition coefficient (Wildman–Crippen LogP) is 3.35. The van der Waals surface area contributed by atoms with Crippen molar-refractivity contribution in [2.75, 3.05) is 13.2 Å². The van der Waals surface area contributed by atoms with E-state index in [1.165, 1.54) is 0 Å². The van der Waals surface area contributed by atoms with E-state index < -0.39 is 0 Å². The van der Waals surface area contributed by atoms with Crippen molar-refractivity contribution in [3.63, 3.8) is 0 Å². The Morgan fingerprint density at radius 2 is 1.95 bits per heavy atom. The van der Waals surface area contributed by atoms with Gasteiger partial charge in [-0.2, -0.15) is 0 Å². The van der Waals surface area contributed by atoms with Crippen LogP contribution in [-0.2, 0) is 0 Å². The summed E-state index contributed by atoms with van der Waals surface area (Å²) in [5.74, 6) is 0.821. The van der Waals surface area contributed by atoms with Crippen molar-refractivity contribution in [2.45, 2.75) is 32.7 Å². The predicted molar refractivity (Wildman–Crippen MR) is 84.4 cm³/mol. The van der Waals surface area contributed by atoms with Crippen LogP contribution in [-0.4, -0.2) is 23.1 Å². The normalized spacial score (nSPS) is 12.1. The lowest BCUT2D eigenvalue weighted by molar-refractivity contribution is 0.315. The van der Waals surface area contributed by atoms with Crippen molar-refractivity contribution in [1.29, 1.82) is 0 Å². The molecule has 0 saturated heterocycles.